The number of nitrogens with zero attached hydrogens (tertiary/aromatic N) is 1. The quantitative estimate of drug-likeness (QED) is 0.230. The Labute approximate surface area is 182 Å². The smallest absolute Gasteiger partial charge is 0.277 e. The first-order chi connectivity index (χ1) is 15.2. The van der Waals surface area contributed by atoms with Gasteiger partial charge in [0.2, 0.25) is 0 Å². The summed E-state index contributed by atoms with van der Waals surface area (Å²) in [5.41, 5.74) is 4.70. The van der Waals surface area contributed by atoms with Gasteiger partial charge in [-0.1, -0.05) is 80.6 Å². The fourth-order valence-electron chi connectivity index (χ4n) is 3.77. The molecule has 4 aromatic carbocycles. The van der Waals surface area contributed by atoms with Crippen LogP contribution in [0.3, 0.4) is 0 Å². The highest BCUT2D eigenvalue weighted by molar-refractivity contribution is 6.13. The lowest BCUT2D eigenvalue weighted by molar-refractivity contribution is -0.123. The largest absolute Gasteiger partial charge is 0.483 e. The third-order valence-corrected chi connectivity index (χ3v) is 5.62. The van der Waals surface area contributed by atoms with Crippen LogP contribution < -0.4 is 10.2 Å². The molecule has 156 valence electrons. The number of hydrazone groups is 1. The van der Waals surface area contributed by atoms with Crippen LogP contribution in [-0.2, 0) is 4.79 Å². The van der Waals surface area contributed by atoms with Crippen molar-refractivity contribution in [2.75, 3.05) is 6.61 Å². The summed E-state index contributed by atoms with van der Waals surface area (Å²) in [6.07, 6.45) is 2.73. The predicted molar refractivity (Wildman–Crippen MR) is 128 cm³/mol. The van der Waals surface area contributed by atoms with Crippen LogP contribution in [-0.4, -0.2) is 18.7 Å². The third kappa shape index (κ3) is 4.58. The highest BCUT2D eigenvalue weighted by atomic mass is 16.5. The molecule has 0 heterocycles. The first-order valence-corrected chi connectivity index (χ1v) is 10.6. The molecule has 0 radical (unpaired) electrons. The van der Waals surface area contributed by atoms with E-state index in [1.54, 1.807) is 6.21 Å². The zero-order chi connectivity index (χ0) is 21.6. The van der Waals surface area contributed by atoms with Gasteiger partial charge in [0.25, 0.3) is 5.91 Å². The fraction of sp³-hybridized carbons (Fsp3) is 0.185. The van der Waals surface area contributed by atoms with Crippen LogP contribution in [0.2, 0.25) is 0 Å². The van der Waals surface area contributed by atoms with Crippen LogP contribution >= 0.6 is 0 Å². The van der Waals surface area contributed by atoms with Gasteiger partial charge in [0.05, 0.1) is 6.21 Å². The molecular formula is C27H26N2O2. The van der Waals surface area contributed by atoms with Crippen molar-refractivity contribution in [2.45, 2.75) is 26.2 Å². The lowest BCUT2D eigenvalue weighted by atomic mass is 9.97. The van der Waals surface area contributed by atoms with E-state index in [9.17, 15) is 4.79 Å². The number of carbonyl (C=O) groups is 1. The zero-order valence-electron chi connectivity index (χ0n) is 17.8. The van der Waals surface area contributed by atoms with Gasteiger partial charge in [-0.3, -0.25) is 4.79 Å². The lowest BCUT2D eigenvalue weighted by Gasteiger charge is -2.15. The highest BCUT2D eigenvalue weighted by Gasteiger charge is 2.11. The second-order valence-electron chi connectivity index (χ2n) is 7.66. The second-order valence-corrected chi connectivity index (χ2v) is 7.66. The normalized spacial score (nSPS) is 12.3. The van der Waals surface area contributed by atoms with Crippen LogP contribution in [0.1, 0.15) is 37.3 Å². The number of ether oxygens (including phenoxy) is 1. The van der Waals surface area contributed by atoms with E-state index in [-0.39, 0.29) is 12.5 Å². The van der Waals surface area contributed by atoms with Gasteiger partial charge in [0.15, 0.2) is 6.61 Å². The van der Waals surface area contributed by atoms with E-state index in [4.69, 9.17) is 4.74 Å². The molecule has 0 spiro atoms. The highest BCUT2D eigenvalue weighted by Crippen LogP contribution is 2.29. The fourth-order valence-corrected chi connectivity index (χ4v) is 3.77. The summed E-state index contributed by atoms with van der Waals surface area (Å²) >= 11 is 0. The Hall–Kier alpha value is -3.66. The molecule has 4 rings (SSSR count). The van der Waals surface area contributed by atoms with Gasteiger partial charge in [-0.05, 0) is 51.6 Å². The summed E-state index contributed by atoms with van der Waals surface area (Å²) in [7, 11) is 0. The molecule has 0 fully saturated rings. The maximum absolute atomic E-state index is 12.3. The topological polar surface area (TPSA) is 50.7 Å². The number of benzene rings is 4. The van der Waals surface area contributed by atoms with Crippen LogP contribution in [0, 0.1) is 0 Å². The Bertz CT molecular complexity index is 1190. The number of hydrogen-bond acceptors (Lipinski definition) is 3. The number of carbonyl (C=O) groups excluding carboxylic acids is 1. The Morgan fingerprint density at radius 2 is 1.58 bits per heavy atom. The van der Waals surface area contributed by atoms with Gasteiger partial charge >= 0.3 is 0 Å². The van der Waals surface area contributed by atoms with Crippen molar-refractivity contribution in [1.29, 1.82) is 0 Å². The van der Waals surface area contributed by atoms with Crippen molar-refractivity contribution >= 4 is 33.7 Å². The number of fused-ring (bicyclic) bond motifs is 2. The number of amides is 1. The molecule has 0 saturated carbocycles. The molecule has 0 aliphatic rings. The summed E-state index contributed by atoms with van der Waals surface area (Å²) < 4.78 is 5.78. The maximum atomic E-state index is 12.3. The second kappa shape index (κ2) is 9.43. The zero-order valence-corrected chi connectivity index (χ0v) is 17.8. The molecule has 0 aliphatic carbocycles. The molecule has 1 N–H and O–H groups in total. The molecule has 4 aromatic rings. The first kappa shape index (κ1) is 20.6. The van der Waals surface area contributed by atoms with Gasteiger partial charge in [-0.15, -0.1) is 0 Å². The molecule has 0 aromatic heterocycles. The van der Waals surface area contributed by atoms with E-state index >= 15 is 0 Å². The number of hydrogen-bond donors (Lipinski definition) is 1. The molecule has 1 atom stereocenters. The van der Waals surface area contributed by atoms with Gasteiger partial charge in [-0.2, -0.15) is 5.10 Å². The van der Waals surface area contributed by atoms with Crippen molar-refractivity contribution in [1.82, 2.24) is 5.43 Å². The molecule has 0 aliphatic heterocycles. The van der Waals surface area contributed by atoms with E-state index < -0.39 is 0 Å². The number of rotatable bonds is 7. The average molecular weight is 411 g/mol. The van der Waals surface area contributed by atoms with Gasteiger partial charge in [-0.25, -0.2) is 5.43 Å². The van der Waals surface area contributed by atoms with Crippen LogP contribution in [0.5, 0.6) is 5.75 Å². The third-order valence-electron chi connectivity index (χ3n) is 5.62. The Morgan fingerprint density at radius 1 is 0.968 bits per heavy atom. The Morgan fingerprint density at radius 3 is 2.26 bits per heavy atom. The van der Waals surface area contributed by atoms with Crippen LogP contribution in [0.4, 0.5) is 0 Å². The van der Waals surface area contributed by atoms with E-state index in [2.05, 4.69) is 54.7 Å². The van der Waals surface area contributed by atoms with Crippen molar-refractivity contribution in [3.05, 3.63) is 90.0 Å². The van der Waals surface area contributed by atoms with E-state index in [1.807, 2.05) is 48.5 Å². The molecule has 4 nitrogen and oxygen atoms in total. The first-order valence-electron chi connectivity index (χ1n) is 10.6. The summed E-state index contributed by atoms with van der Waals surface area (Å²) in [5.74, 6) is 0.827. The number of para-hydroxylation sites is 1. The number of nitrogens with one attached hydrogen (secondary N) is 1. The molecule has 4 heteroatoms. The minimum Gasteiger partial charge on any atom is -0.483 e. The molecule has 31 heavy (non-hydrogen) atoms. The monoisotopic (exact) mass is 410 g/mol. The van der Waals surface area contributed by atoms with Gasteiger partial charge < -0.3 is 4.74 Å². The average Bonchev–Trinajstić information content (AvgIpc) is 2.82. The minimum absolute atomic E-state index is 0.0823. The van der Waals surface area contributed by atoms with Crippen molar-refractivity contribution < 1.29 is 9.53 Å². The summed E-state index contributed by atoms with van der Waals surface area (Å²) in [4.78, 5) is 12.3. The van der Waals surface area contributed by atoms with E-state index in [0.717, 1.165) is 44.8 Å². The lowest BCUT2D eigenvalue weighted by Crippen LogP contribution is -2.25. The standard InChI is InChI=1S/C27H26N2O2/c1-3-19(2)22-12-8-9-15-26(22)31-18-27(30)29-28-17-25-23-13-6-4-10-20(23)16-21-11-5-7-14-24(21)25/h4-17,19H,3,18H2,1-2H3,(H,29,30)/b28-17+. The summed E-state index contributed by atoms with van der Waals surface area (Å²) in [6, 6.07) is 26.4. The van der Waals surface area contributed by atoms with Crippen LogP contribution in [0.25, 0.3) is 21.5 Å². The molecule has 1 amide bonds. The molecular weight excluding hydrogens is 384 g/mol. The Balaban J connectivity index is 1.49. The van der Waals surface area contributed by atoms with Gasteiger partial charge in [0, 0.05) is 5.56 Å². The SMILES string of the molecule is CCC(C)c1ccccc1OCC(=O)N/N=C/c1c2ccccc2cc2ccccc12. The van der Waals surface area contributed by atoms with Gasteiger partial charge in [0.1, 0.15) is 5.75 Å². The predicted octanol–water partition coefficient (Wildman–Crippen LogP) is 6.04. The molecule has 0 saturated heterocycles. The van der Waals surface area contributed by atoms with Crippen molar-refractivity contribution in [3.8, 4) is 5.75 Å². The van der Waals surface area contributed by atoms with Crippen molar-refractivity contribution in [3.63, 3.8) is 0 Å². The summed E-state index contributed by atoms with van der Waals surface area (Å²) in [5, 5.41) is 8.69. The van der Waals surface area contributed by atoms with Crippen molar-refractivity contribution in [2.24, 2.45) is 5.10 Å². The van der Waals surface area contributed by atoms with Crippen LogP contribution in [0.15, 0.2) is 84.0 Å². The maximum Gasteiger partial charge on any atom is 0.277 e. The Kier molecular flexibility index (Phi) is 6.27. The van der Waals surface area contributed by atoms with E-state index in [0.29, 0.717) is 5.92 Å². The molecule has 0 bridgehead atoms. The minimum atomic E-state index is -0.292. The molecule has 1 unspecified atom stereocenters. The summed E-state index contributed by atoms with van der Waals surface area (Å²) in [6.45, 7) is 4.21. The van der Waals surface area contributed by atoms with E-state index in [1.165, 1.54) is 0 Å².